The Morgan fingerprint density at radius 3 is 3.33 bits per heavy atom. The lowest BCUT2D eigenvalue weighted by Gasteiger charge is -2.09. The molecule has 1 aromatic rings. The van der Waals surface area contributed by atoms with Crippen molar-refractivity contribution in [3.8, 4) is 11.9 Å². The molecule has 0 atom stereocenters. The third kappa shape index (κ3) is 0.920. The molecule has 4 nitrogen and oxygen atoms in total. The lowest BCUT2D eigenvalue weighted by Crippen LogP contribution is -2.05. The SMILES string of the molecule is N#Cc1ccnc2c1N=CCO2. The minimum absolute atomic E-state index is 0.425. The number of aromatic nitrogens is 1. The quantitative estimate of drug-likeness (QED) is 0.568. The average Bonchev–Trinajstić information content (AvgIpc) is 2.17. The zero-order chi connectivity index (χ0) is 8.39. The lowest BCUT2D eigenvalue weighted by atomic mass is 10.2. The van der Waals surface area contributed by atoms with E-state index in [1.54, 1.807) is 12.3 Å². The second kappa shape index (κ2) is 2.62. The number of nitriles is 1. The van der Waals surface area contributed by atoms with Crippen LogP contribution in [0, 0.1) is 11.3 Å². The number of rotatable bonds is 0. The van der Waals surface area contributed by atoms with Crippen molar-refractivity contribution in [3.63, 3.8) is 0 Å². The Morgan fingerprint density at radius 2 is 2.50 bits per heavy atom. The van der Waals surface area contributed by atoms with Crippen LogP contribution in [0.3, 0.4) is 0 Å². The van der Waals surface area contributed by atoms with Gasteiger partial charge in [0.25, 0.3) is 0 Å². The Kier molecular flexibility index (Phi) is 1.49. The summed E-state index contributed by atoms with van der Waals surface area (Å²) in [6, 6.07) is 3.64. The van der Waals surface area contributed by atoms with E-state index < -0.39 is 0 Å². The maximum absolute atomic E-state index is 8.69. The fourth-order valence-corrected chi connectivity index (χ4v) is 1.00. The molecule has 0 radical (unpaired) electrons. The van der Waals surface area contributed by atoms with Crippen LogP contribution in [0.15, 0.2) is 17.3 Å². The van der Waals surface area contributed by atoms with Crippen LogP contribution in [0.5, 0.6) is 5.88 Å². The van der Waals surface area contributed by atoms with E-state index in [1.807, 2.05) is 6.07 Å². The van der Waals surface area contributed by atoms with Crippen molar-refractivity contribution in [1.29, 1.82) is 5.26 Å². The highest BCUT2D eigenvalue weighted by Crippen LogP contribution is 2.29. The topological polar surface area (TPSA) is 58.3 Å². The molecule has 0 amide bonds. The van der Waals surface area contributed by atoms with E-state index in [2.05, 4.69) is 9.98 Å². The van der Waals surface area contributed by atoms with Crippen LogP contribution >= 0.6 is 0 Å². The smallest absolute Gasteiger partial charge is 0.241 e. The molecule has 4 heteroatoms. The molecule has 0 spiro atoms. The van der Waals surface area contributed by atoms with Crippen molar-refractivity contribution in [2.75, 3.05) is 6.61 Å². The fraction of sp³-hybridized carbons (Fsp3) is 0.125. The molecule has 0 N–H and O–H groups in total. The van der Waals surface area contributed by atoms with Gasteiger partial charge in [-0.2, -0.15) is 5.26 Å². The molecule has 2 rings (SSSR count). The Bertz CT molecular complexity index is 378. The number of hydrogen-bond acceptors (Lipinski definition) is 4. The summed E-state index contributed by atoms with van der Waals surface area (Å²) in [5.41, 5.74) is 1.03. The first-order chi connectivity index (χ1) is 5.92. The molecule has 12 heavy (non-hydrogen) atoms. The molecule has 1 aliphatic heterocycles. The molecule has 0 saturated carbocycles. The van der Waals surface area contributed by atoms with Crippen LogP contribution < -0.4 is 4.74 Å². The monoisotopic (exact) mass is 159 g/mol. The summed E-state index contributed by atoms with van der Waals surface area (Å²) >= 11 is 0. The molecule has 0 bridgehead atoms. The van der Waals surface area contributed by atoms with Crippen LogP contribution in [-0.4, -0.2) is 17.8 Å². The van der Waals surface area contributed by atoms with Crippen molar-refractivity contribution in [2.24, 2.45) is 4.99 Å². The van der Waals surface area contributed by atoms with E-state index in [4.69, 9.17) is 10.00 Å². The van der Waals surface area contributed by atoms with Crippen LogP contribution in [-0.2, 0) is 0 Å². The van der Waals surface area contributed by atoms with E-state index in [-0.39, 0.29) is 0 Å². The van der Waals surface area contributed by atoms with Gasteiger partial charge >= 0.3 is 0 Å². The predicted octanol–water partition coefficient (Wildman–Crippen LogP) is 1.05. The van der Waals surface area contributed by atoms with Gasteiger partial charge in [-0.25, -0.2) is 4.98 Å². The summed E-state index contributed by atoms with van der Waals surface area (Å²) in [4.78, 5) is 7.97. The first kappa shape index (κ1) is 6.80. The van der Waals surface area contributed by atoms with Crippen molar-refractivity contribution < 1.29 is 4.74 Å². The molecule has 1 aromatic heterocycles. The standard InChI is InChI=1S/C8H5N3O/c9-5-6-1-2-11-8-7(6)10-3-4-12-8/h1-3H,4H2. The number of fused-ring (bicyclic) bond motifs is 1. The fourth-order valence-electron chi connectivity index (χ4n) is 1.00. The second-order valence-corrected chi connectivity index (χ2v) is 2.25. The maximum Gasteiger partial charge on any atom is 0.241 e. The molecule has 0 saturated heterocycles. The minimum Gasteiger partial charge on any atom is -0.470 e. The van der Waals surface area contributed by atoms with E-state index >= 15 is 0 Å². The van der Waals surface area contributed by atoms with E-state index in [0.29, 0.717) is 23.7 Å². The Morgan fingerprint density at radius 1 is 1.58 bits per heavy atom. The molecule has 1 aliphatic rings. The van der Waals surface area contributed by atoms with Crippen molar-refractivity contribution in [3.05, 3.63) is 17.8 Å². The minimum atomic E-state index is 0.425. The summed E-state index contributed by atoms with van der Waals surface area (Å²) in [6.07, 6.45) is 3.16. The molecule has 58 valence electrons. The van der Waals surface area contributed by atoms with Gasteiger partial charge in [0.1, 0.15) is 18.4 Å². The Balaban J connectivity index is 2.64. The number of hydrogen-bond donors (Lipinski definition) is 0. The largest absolute Gasteiger partial charge is 0.470 e. The number of aliphatic imine (C=N–C) groups is 1. The van der Waals surface area contributed by atoms with Gasteiger partial charge in [0.15, 0.2) is 0 Å². The first-order valence-corrected chi connectivity index (χ1v) is 3.46. The highest BCUT2D eigenvalue weighted by molar-refractivity contribution is 5.73. The average molecular weight is 159 g/mol. The Hall–Kier alpha value is -1.89. The van der Waals surface area contributed by atoms with Gasteiger partial charge < -0.3 is 4.74 Å². The van der Waals surface area contributed by atoms with Gasteiger partial charge in [-0.05, 0) is 6.07 Å². The Labute approximate surface area is 69.1 Å². The lowest BCUT2D eigenvalue weighted by molar-refractivity contribution is 0.361. The van der Waals surface area contributed by atoms with Crippen molar-refractivity contribution in [1.82, 2.24) is 4.98 Å². The van der Waals surface area contributed by atoms with Gasteiger partial charge in [0.05, 0.1) is 5.56 Å². The summed E-state index contributed by atoms with van der Waals surface area (Å²) in [6.45, 7) is 0.425. The van der Waals surface area contributed by atoms with Crippen molar-refractivity contribution >= 4 is 11.9 Å². The highest BCUT2D eigenvalue weighted by atomic mass is 16.5. The second-order valence-electron chi connectivity index (χ2n) is 2.25. The molecular formula is C8H5N3O. The zero-order valence-electron chi connectivity index (χ0n) is 6.19. The number of ether oxygens (including phenoxy) is 1. The summed E-state index contributed by atoms with van der Waals surface area (Å²) in [5, 5.41) is 8.69. The maximum atomic E-state index is 8.69. The predicted molar refractivity (Wildman–Crippen MR) is 42.6 cm³/mol. The summed E-state index contributed by atoms with van der Waals surface area (Å²) in [7, 11) is 0. The molecule has 0 fully saturated rings. The van der Waals surface area contributed by atoms with E-state index in [0.717, 1.165) is 0 Å². The van der Waals surface area contributed by atoms with Gasteiger partial charge in [-0.3, -0.25) is 4.99 Å². The highest BCUT2D eigenvalue weighted by Gasteiger charge is 2.11. The normalized spacial score (nSPS) is 12.9. The van der Waals surface area contributed by atoms with Gasteiger partial charge in [0.2, 0.25) is 5.88 Å². The van der Waals surface area contributed by atoms with Crippen molar-refractivity contribution in [2.45, 2.75) is 0 Å². The van der Waals surface area contributed by atoms with E-state index in [1.165, 1.54) is 6.20 Å². The molecule has 2 heterocycles. The first-order valence-electron chi connectivity index (χ1n) is 3.46. The number of pyridine rings is 1. The molecule has 0 aliphatic carbocycles. The zero-order valence-corrected chi connectivity index (χ0v) is 6.19. The van der Waals surface area contributed by atoms with Crippen LogP contribution in [0.4, 0.5) is 5.69 Å². The molecular weight excluding hydrogens is 154 g/mol. The summed E-state index contributed by atoms with van der Waals surface area (Å²) < 4.78 is 5.15. The van der Waals surface area contributed by atoms with E-state index in [9.17, 15) is 0 Å². The third-order valence-electron chi connectivity index (χ3n) is 1.53. The number of nitrogens with zero attached hydrogens (tertiary/aromatic N) is 3. The van der Waals surface area contributed by atoms with Crippen LogP contribution in [0.2, 0.25) is 0 Å². The molecule has 0 unspecified atom stereocenters. The van der Waals surface area contributed by atoms with Crippen LogP contribution in [0.25, 0.3) is 0 Å². The third-order valence-corrected chi connectivity index (χ3v) is 1.53. The summed E-state index contributed by atoms with van der Waals surface area (Å²) in [5.74, 6) is 0.441. The van der Waals surface area contributed by atoms with Gasteiger partial charge in [0, 0.05) is 12.4 Å². The van der Waals surface area contributed by atoms with Crippen LogP contribution in [0.1, 0.15) is 5.56 Å². The molecule has 0 aromatic carbocycles. The van der Waals surface area contributed by atoms with Gasteiger partial charge in [-0.15, -0.1) is 0 Å². The van der Waals surface area contributed by atoms with Gasteiger partial charge in [-0.1, -0.05) is 0 Å².